The summed E-state index contributed by atoms with van der Waals surface area (Å²) in [5, 5.41) is 0. The molecule has 2 aliphatic heterocycles. The number of carbonyl (C=O) groups is 1. The van der Waals surface area contributed by atoms with Crippen molar-refractivity contribution in [3.63, 3.8) is 0 Å². The third-order valence-electron chi connectivity index (χ3n) is 5.65. The number of esters is 1. The minimum atomic E-state index is -0.489. The molecule has 0 bridgehead atoms. The van der Waals surface area contributed by atoms with Crippen molar-refractivity contribution >= 4 is 30.3 Å². The molecule has 2 fully saturated rings. The number of fused-ring (bicyclic) bond motifs is 1. The van der Waals surface area contributed by atoms with E-state index in [-0.39, 0.29) is 31.5 Å². The van der Waals surface area contributed by atoms with Gasteiger partial charge in [-0.3, -0.25) is 0 Å². The number of hydrogen-bond donors (Lipinski definition) is 0. The van der Waals surface area contributed by atoms with Crippen molar-refractivity contribution in [1.82, 2.24) is 0 Å². The molecule has 6 nitrogen and oxygen atoms in total. The van der Waals surface area contributed by atoms with Crippen LogP contribution in [0.2, 0.25) is 0 Å². The van der Waals surface area contributed by atoms with Gasteiger partial charge in [-0.1, -0.05) is 86.0 Å². The number of carbonyl (C=O) groups excluding carboxylic acids is 1. The molecule has 2 aromatic rings. The van der Waals surface area contributed by atoms with Crippen molar-refractivity contribution in [2.75, 3.05) is 19.8 Å². The topological polar surface area (TPSA) is 63.2 Å². The molecule has 4 rings (SSSR count). The van der Waals surface area contributed by atoms with Crippen molar-refractivity contribution in [1.29, 1.82) is 0 Å². The summed E-state index contributed by atoms with van der Waals surface area (Å²) in [6, 6.07) is 15.7. The second-order valence-electron chi connectivity index (χ2n) is 7.97. The molecule has 0 radical (unpaired) electrons. The Morgan fingerprint density at radius 2 is 1.35 bits per heavy atom. The standard InChI is InChI=1S/C28H28O6/c1-3-20-7-11-22(12-8-20)6-5-17-32-34-25-19-31-27-24(18-30-28(25)27)33-26(29)16-15-23-13-9-21(4-2)10-14-23/h3-16,24-25,27-28H,1-2,17-19H2/b6-5+,16-15-. The van der Waals surface area contributed by atoms with Crippen molar-refractivity contribution in [2.24, 2.45) is 0 Å². The molecular formula is C28H28O6. The first kappa shape index (κ1) is 23.9. The van der Waals surface area contributed by atoms with Crippen LogP contribution in [0.3, 0.4) is 0 Å². The van der Waals surface area contributed by atoms with E-state index in [1.165, 1.54) is 6.08 Å². The second-order valence-corrected chi connectivity index (χ2v) is 7.97. The first-order chi connectivity index (χ1) is 16.7. The Morgan fingerprint density at radius 1 is 0.824 bits per heavy atom. The van der Waals surface area contributed by atoms with E-state index in [0.717, 1.165) is 22.3 Å². The van der Waals surface area contributed by atoms with Gasteiger partial charge in [0.05, 0.1) is 13.2 Å². The van der Waals surface area contributed by atoms with Crippen LogP contribution in [0.15, 0.2) is 73.8 Å². The summed E-state index contributed by atoms with van der Waals surface area (Å²) in [6.07, 6.45) is 8.91. The Labute approximate surface area is 199 Å². The van der Waals surface area contributed by atoms with E-state index < -0.39 is 12.1 Å². The van der Waals surface area contributed by atoms with Gasteiger partial charge in [0.15, 0.2) is 6.10 Å². The summed E-state index contributed by atoms with van der Waals surface area (Å²) in [4.78, 5) is 23.1. The average molecular weight is 461 g/mol. The van der Waals surface area contributed by atoms with E-state index in [4.69, 9.17) is 24.0 Å². The fourth-order valence-electron chi connectivity index (χ4n) is 3.80. The molecule has 0 spiro atoms. The molecule has 6 heteroatoms. The summed E-state index contributed by atoms with van der Waals surface area (Å²) in [5.74, 6) is -0.447. The van der Waals surface area contributed by atoms with Crippen LogP contribution in [-0.2, 0) is 28.8 Å². The highest BCUT2D eigenvalue weighted by molar-refractivity contribution is 5.87. The summed E-state index contributed by atoms with van der Waals surface area (Å²) < 4.78 is 17.1. The van der Waals surface area contributed by atoms with Crippen LogP contribution in [-0.4, -0.2) is 50.2 Å². The molecular weight excluding hydrogens is 432 g/mol. The molecule has 0 aliphatic carbocycles. The minimum absolute atomic E-state index is 0.253. The van der Waals surface area contributed by atoms with Gasteiger partial charge in [-0.2, -0.15) is 0 Å². The Bertz CT molecular complexity index is 1040. The van der Waals surface area contributed by atoms with Crippen molar-refractivity contribution in [3.8, 4) is 0 Å². The predicted octanol–water partition coefficient (Wildman–Crippen LogP) is 4.73. The van der Waals surface area contributed by atoms with E-state index in [2.05, 4.69) is 13.2 Å². The van der Waals surface area contributed by atoms with Crippen molar-refractivity contribution in [2.45, 2.75) is 24.4 Å². The third-order valence-corrected chi connectivity index (χ3v) is 5.65. The lowest BCUT2D eigenvalue weighted by Crippen LogP contribution is -2.34. The lowest BCUT2D eigenvalue weighted by atomic mass is 10.1. The predicted molar refractivity (Wildman–Crippen MR) is 131 cm³/mol. The molecule has 176 valence electrons. The zero-order valence-corrected chi connectivity index (χ0v) is 18.9. The van der Waals surface area contributed by atoms with Gasteiger partial charge in [0.2, 0.25) is 0 Å². The van der Waals surface area contributed by atoms with Gasteiger partial charge in [0.25, 0.3) is 0 Å². The number of hydrogen-bond acceptors (Lipinski definition) is 6. The highest BCUT2D eigenvalue weighted by atomic mass is 17.2. The molecule has 0 aromatic heterocycles. The smallest absolute Gasteiger partial charge is 0.331 e. The molecule has 4 unspecified atom stereocenters. The lowest BCUT2D eigenvalue weighted by molar-refractivity contribution is -0.326. The van der Waals surface area contributed by atoms with E-state index in [0.29, 0.717) is 6.61 Å². The lowest BCUT2D eigenvalue weighted by Gasteiger charge is -2.16. The highest BCUT2D eigenvalue weighted by Gasteiger charge is 2.50. The zero-order chi connectivity index (χ0) is 23.8. The van der Waals surface area contributed by atoms with E-state index in [9.17, 15) is 4.79 Å². The van der Waals surface area contributed by atoms with Gasteiger partial charge in [0, 0.05) is 6.08 Å². The second kappa shape index (κ2) is 11.7. The maximum atomic E-state index is 12.3. The van der Waals surface area contributed by atoms with Gasteiger partial charge < -0.3 is 14.2 Å². The summed E-state index contributed by atoms with van der Waals surface area (Å²) >= 11 is 0. The third kappa shape index (κ3) is 6.18. The van der Waals surface area contributed by atoms with Gasteiger partial charge >= 0.3 is 5.97 Å². The Kier molecular flexibility index (Phi) is 8.22. The zero-order valence-electron chi connectivity index (χ0n) is 18.9. The Morgan fingerprint density at radius 3 is 1.97 bits per heavy atom. The Balaban J connectivity index is 1.19. The van der Waals surface area contributed by atoms with Crippen molar-refractivity contribution in [3.05, 3.63) is 96.1 Å². The largest absolute Gasteiger partial charge is 0.454 e. The van der Waals surface area contributed by atoms with Gasteiger partial charge in [0.1, 0.15) is 24.9 Å². The summed E-state index contributed by atoms with van der Waals surface area (Å²) in [5.41, 5.74) is 4.05. The first-order valence-electron chi connectivity index (χ1n) is 11.2. The maximum absolute atomic E-state index is 12.3. The SMILES string of the molecule is C=Cc1ccc(/C=C\C(=O)OC2COC3C(OOC/C=C/c4ccc(C=C)cc4)COC23)cc1. The number of ether oxygens (including phenoxy) is 3. The fraction of sp³-hybridized carbons (Fsp3) is 0.250. The van der Waals surface area contributed by atoms with Crippen LogP contribution >= 0.6 is 0 Å². The van der Waals surface area contributed by atoms with Crippen LogP contribution < -0.4 is 0 Å². The molecule has 2 heterocycles. The van der Waals surface area contributed by atoms with Crippen LogP contribution in [0.4, 0.5) is 0 Å². The molecule has 2 aliphatic rings. The van der Waals surface area contributed by atoms with Crippen LogP contribution in [0.25, 0.3) is 24.3 Å². The number of benzene rings is 2. The molecule has 0 saturated carbocycles. The molecule has 34 heavy (non-hydrogen) atoms. The minimum Gasteiger partial charge on any atom is -0.454 e. The molecule has 2 aromatic carbocycles. The fourth-order valence-corrected chi connectivity index (χ4v) is 3.80. The normalized spacial score (nSPS) is 23.9. The van der Waals surface area contributed by atoms with Gasteiger partial charge in [-0.25, -0.2) is 14.6 Å². The van der Waals surface area contributed by atoms with Crippen LogP contribution in [0.5, 0.6) is 0 Å². The molecule has 0 N–H and O–H groups in total. The Hall–Kier alpha value is -3.29. The highest BCUT2D eigenvalue weighted by Crippen LogP contribution is 2.30. The van der Waals surface area contributed by atoms with Crippen LogP contribution in [0, 0.1) is 0 Å². The van der Waals surface area contributed by atoms with Crippen LogP contribution in [0.1, 0.15) is 22.3 Å². The monoisotopic (exact) mass is 460 g/mol. The quantitative estimate of drug-likeness (QED) is 0.168. The first-order valence-corrected chi connectivity index (χ1v) is 11.2. The van der Waals surface area contributed by atoms with Gasteiger partial charge in [-0.15, -0.1) is 0 Å². The number of rotatable bonds is 10. The molecule has 2 saturated heterocycles. The van der Waals surface area contributed by atoms with Gasteiger partial charge in [-0.05, 0) is 28.3 Å². The van der Waals surface area contributed by atoms with E-state index in [1.807, 2.05) is 60.7 Å². The van der Waals surface area contributed by atoms with Crippen molar-refractivity contribution < 1.29 is 28.8 Å². The molecule has 4 atom stereocenters. The summed E-state index contributed by atoms with van der Waals surface area (Å²) in [7, 11) is 0. The maximum Gasteiger partial charge on any atom is 0.331 e. The van der Waals surface area contributed by atoms with E-state index in [1.54, 1.807) is 18.2 Å². The average Bonchev–Trinajstić information content (AvgIpc) is 3.46. The van der Waals surface area contributed by atoms with E-state index >= 15 is 0 Å². The summed E-state index contributed by atoms with van der Waals surface area (Å²) in [6.45, 7) is 8.32. The molecule has 0 amide bonds.